The minimum atomic E-state index is -0.135. The molecule has 0 bridgehead atoms. The Bertz CT molecular complexity index is 648. The van der Waals surface area contributed by atoms with Crippen LogP contribution >= 0.6 is 0 Å². The van der Waals surface area contributed by atoms with Crippen molar-refractivity contribution in [3.8, 4) is 11.8 Å². The molecule has 3 aliphatic rings. The maximum Gasteiger partial charge on any atom is 0.0651 e. The molecule has 0 radical (unpaired) electrons. The van der Waals surface area contributed by atoms with Crippen LogP contribution in [0.5, 0.6) is 0 Å². The van der Waals surface area contributed by atoms with Crippen molar-refractivity contribution in [1.29, 1.82) is 0 Å². The molecule has 0 aromatic heterocycles. The summed E-state index contributed by atoms with van der Waals surface area (Å²) in [6.07, 6.45) is 20.0. The van der Waals surface area contributed by atoms with Gasteiger partial charge in [0.1, 0.15) is 0 Å². The Hall–Kier alpha value is -2.00. The van der Waals surface area contributed by atoms with Crippen LogP contribution < -0.4 is 0 Å². The quantitative estimate of drug-likeness (QED) is 0.458. The van der Waals surface area contributed by atoms with Gasteiger partial charge in [-0.15, -0.1) is 5.92 Å². The molecule has 0 nitrogen and oxygen atoms in total. The van der Waals surface area contributed by atoms with E-state index in [1.807, 2.05) is 20.8 Å². The minimum Gasteiger partial charge on any atom is -0.105 e. The highest BCUT2D eigenvalue weighted by Crippen LogP contribution is 2.41. The van der Waals surface area contributed by atoms with Gasteiger partial charge in [0, 0.05) is 0 Å². The first-order chi connectivity index (χ1) is 10.2. The van der Waals surface area contributed by atoms with Crippen LogP contribution in [0.25, 0.3) is 0 Å². The lowest BCUT2D eigenvalue weighted by molar-refractivity contribution is 0.749. The Kier molecular flexibility index (Phi) is 6.44. The summed E-state index contributed by atoms with van der Waals surface area (Å²) in [4.78, 5) is 0. The van der Waals surface area contributed by atoms with Crippen molar-refractivity contribution in [3.63, 3.8) is 0 Å². The number of allylic oxidation sites excluding steroid dienone is 12. The fourth-order valence-corrected chi connectivity index (χ4v) is 2.86. The molecule has 1 unspecified atom stereocenters. The second-order valence-electron chi connectivity index (χ2n) is 5.41. The molecular weight excluding hydrogens is 264 g/mol. The molecule has 3 rings (SSSR count). The molecule has 116 valence electrons. The van der Waals surface area contributed by atoms with Crippen LogP contribution in [0.4, 0.5) is 0 Å². The van der Waals surface area contributed by atoms with Crippen LogP contribution in [-0.2, 0) is 0 Å². The molecule has 0 saturated heterocycles. The molecule has 0 fully saturated rings. The average Bonchev–Trinajstić information content (AvgIpc) is 2.63. The Balaban J connectivity index is 0.000000775. The van der Waals surface area contributed by atoms with Crippen molar-refractivity contribution < 1.29 is 0 Å². The van der Waals surface area contributed by atoms with E-state index in [9.17, 15) is 0 Å². The number of hydrogen-bond acceptors (Lipinski definition) is 0. The summed E-state index contributed by atoms with van der Waals surface area (Å²) in [7, 11) is 0. The second kappa shape index (κ2) is 7.85. The van der Waals surface area contributed by atoms with Gasteiger partial charge in [-0.2, -0.15) is 0 Å². The fourth-order valence-electron chi connectivity index (χ4n) is 2.86. The molecule has 0 heterocycles. The third-order valence-corrected chi connectivity index (χ3v) is 3.88. The molecule has 0 aliphatic heterocycles. The highest BCUT2D eigenvalue weighted by atomic mass is 14.3. The van der Waals surface area contributed by atoms with E-state index in [1.165, 1.54) is 22.3 Å². The van der Waals surface area contributed by atoms with Gasteiger partial charge in [0.2, 0.25) is 0 Å². The van der Waals surface area contributed by atoms with E-state index in [-0.39, 0.29) is 12.8 Å². The molecule has 0 aromatic carbocycles. The predicted molar refractivity (Wildman–Crippen MR) is 99.5 cm³/mol. The predicted octanol–water partition coefficient (Wildman–Crippen LogP) is 6.32. The smallest absolute Gasteiger partial charge is 0.0651 e. The van der Waals surface area contributed by atoms with Crippen molar-refractivity contribution in [2.24, 2.45) is 5.41 Å². The third-order valence-electron chi connectivity index (χ3n) is 3.88. The van der Waals surface area contributed by atoms with Crippen LogP contribution in [0.1, 0.15) is 48.0 Å². The van der Waals surface area contributed by atoms with Crippen LogP contribution in [0.3, 0.4) is 0 Å². The summed E-state index contributed by atoms with van der Waals surface area (Å²) in [6, 6.07) is 0. The zero-order chi connectivity index (χ0) is 15.3. The van der Waals surface area contributed by atoms with Crippen LogP contribution in [0.15, 0.2) is 70.9 Å². The third kappa shape index (κ3) is 3.60. The Labute approximate surface area is 136 Å². The zero-order valence-corrected chi connectivity index (χ0v) is 13.5. The highest BCUT2D eigenvalue weighted by Gasteiger charge is 2.25. The summed E-state index contributed by atoms with van der Waals surface area (Å²) >= 11 is 0. The van der Waals surface area contributed by atoms with Gasteiger partial charge in [-0.3, -0.25) is 0 Å². The maximum absolute atomic E-state index is 3.28. The Morgan fingerprint density at radius 1 is 1.14 bits per heavy atom. The Morgan fingerprint density at radius 2 is 1.86 bits per heavy atom. The van der Waals surface area contributed by atoms with Gasteiger partial charge in [0.05, 0.1) is 5.41 Å². The number of hydrogen-bond donors (Lipinski definition) is 0. The van der Waals surface area contributed by atoms with E-state index in [2.05, 4.69) is 67.4 Å². The van der Waals surface area contributed by atoms with Crippen molar-refractivity contribution in [1.82, 2.24) is 0 Å². The van der Waals surface area contributed by atoms with Gasteiger partial charge >= 0.3 is 0 Å². The lowest BCUT2D eigenvalue weighted by atomic mass is 9.90. The van der Waals surface area contributed by atoms with E-state index < -0.39 is 0 Å². The molecule has 1 atom stereocenters. The van der Waals surface area contributed by atoms with E-state index >= 15 is 0 Å². The average molecular weight is 292 g/mol. The first kappa shape index (κ1) is 18.1. The number of rotatable bonds is 0. The first-order valence-electron chi connectivity index (χ1n) is 7.84. The summed E-state index contributed by atoms with van der Waals surface area (Å²) < 4.78 is 0. The van der Waals surface area contributed by atoms with Gasteiger partial charge in [-0.05, 0) is 49.0 Å². The van der Waals surface area contributed by atoms with Crippen molar-refractivity contribution >= 4 is 0 Å². The highest BCUT2D eigenvalue weighted by molar-refractivity contribution is 5.66. The summed E-state index contributed by atoms with van der Waals surface area (Å²) in [5.41, 5.74) is 5.51. The summed E-state index contributed by atoms with van der Waals surface area (Å²) in [5, 5.41) is 0. The molecule has 0 heteroatoms. The van der Waals surface area contributed by atoms with Crippen molar-refractivity contribution in [3.05, 3.63) is 70.9 Å². The Morgan fingerprint density at radius 3 is 2.59 bits per heavy atom. The lowest BCUT2D eigenvalue weighted by Crippen LogP contribution is -2.05. The monoisotopic (exact) mass is 292 g/mol. The summed E-state index contributed by atoms with van der Waals surface area (Å²) in [5.74, 6) is 6.31. The number of fused-ring (bicyclic) bond motifs is 2. The lowest BCUT2D eigenvalue weighted by Gasteiger charge is -2.13. The van der Waals surface area contributed by atoms with Gasteiger partial charge in [-0.25, -0.2) is 0 Å². The van der Waals surface area contributed by atoms with Crippen molar-refractivity contribution in [2.45, 2.75) is 48.0 Å². The SMILES string of the molecule is C.CC.CC#CC1(C)C=CC2=C(C=C1)C1=CC=CCC=C1C2. The van der Waals surface area contributed by atoms with E-state index in [4.69, 9.17) is 0 Å². The molecule has 0 aromatic rings. The van der Waals surface area contributed by atoms with Crippen molar-refractivity contribution in [2.75, 3.05) is 0 Å². The summed E-state index contributed by atoms with van der Waals surface area (Å²) in [6.45, 7) is 8.06. The molecule has 0 spiro atoms. The minimum absolute atomic E-state index is 0. The van der Waals surface area contributed by atoms with Crippen LogP contribution in [0.2, 0.25) is 0 Å². The zero-order valence-electron chi connectivity index (χ0n) is 13.5. The van der Waals surface area contributed by atoms with Gasteiger partial charge in [0.25, 0.3) is 0 Å². The molecule has 3 aliphatic carbocycles. The van der Waals surface area contributed by atoms with Gasteiger partial charge < -0.3 is 0 Å². The topological polar surface area (TPSA) is 0 Å². The molecule has 0 N–H and O–H groups in total. The van der Waals surface area contributed by atoms with Gasteiger partial charge in [0.15, 0.2) is 0 Å². The molecule has 0 saturated carbocycles. The van der Waals surface area contributed by atoms with E-state index in [0.717, 1.165) is 12.8 Å². The maximum atomic E-state index is 3.28. The normalized spacial score (nSPS) is 24.2. The fraction of sp³-hybridized carbons (Fsp3) is 0.364. The van der Waals surface area contributed by atoms with Crippen LogP contribution in [0, 0.1) is 17.3 Å². The van der Waals surface area contributed by atoms with E-state index in [1.54, 1.807) is 0 Å². The largest absolute Gasteiger partial charge is 0.105 e. The molecular formula is C22H28. The van der Waals surface area contributed by atoms with Gasteiger partial charge in [-0.1, -0.05) is 75.8 Å². The van der Waals surface area contributed by atoms with Crippen LogP contribution in [-0.4, -0.2) is 0 Å². The second-order valence-corrected chi connectivity index (χ2v) is 5.41. The molecule has 22 heavy (non-hydrogen) atoms. The van der Waals surface area contributed by atoms with E-state index in [0.29, 0.717) is 0 Å². The standard InChI is InChI=1S/C19H18.C2H6.CH4/c1-3-11-19(2)12-9-16-14-15-7-5-4-6-8-17(15)18(16)10-13-19;1-2;/h4,6-10,12-13H,5,14H2,1-2H3;1-2H3;1H4. The first-order valence-corrected chi connectivity index (χ1v) is 7.84. The molecule has 0 amide bonds.